The van der Waals surface area contributed by atoms with Crippen molar-refractivity contribution in [3.63, 3.8) is 0 Å². The second kappa shape index (κ2) is 9.06. The van der Waals surface area contributed by atoms with Crippen LogP contribution in [0.25, 0.3) is 0 Å². The Hall–Kier alpha value is -1.06. The van der Waals surface area contributed by atoms with Gasteiger partial charge >= 0.3 is 0 Å². The Balaban J connectivity index is 1.68. The minimum absolute atomic E-state index is 0.534. The maximum atomic E-state index is 5.84. The van der Waals surface area contributed by atoms with Crippen LogP contribution in [0.2, 0.25) is 0 Å². The van der Waals surface area contributed by atoms with Crippen LogP contribution in [0.15, 0.2) is 24.3 Å². The van der Waals surface area contributed by atoms with E-state index < -0.39 is 0 Å². The molecule has 3 heteroatoms. The molecule has 0 amide bonds. The molecule has 3 nitrogen and oxygen atoms in total. The Morgan fingerprint density at radius 3 is 2.57 bits per heavy atom. The van der Waals surface area contributed by atoms with Crippen LogP contribution in [0.1, 0.15) is 38.7 Å². The van der Waals surface area contributed by atoms with Gasteiger partial charge in [0.2, 0.25) is 0 Å². The zero-order valence-electron chi connectivity index (χ0n) is 13.6. The molecule has 1 aliphatic rings. The lowest BCUT2D eigenvalue weighted by molar-refractivity contribution is 0.238. The Morgan fingerprint density at radius 1 is 1.19 bits per heavy atom. The van der Waals surface area contributed by atoms with Crippen molar-refractivity contribution in [3.05, 3.63) is 29.8 Å². The zero-order chi connectivity index (χ0) is 14.9. The Kier molecular flexibility index (Phi) is 7.04. The third-order valence-corrected chi connectivity index (χ3v) is 4.08. The minimum atomic E-state index is 0.534. The van der Waals surface area contributed by atoms with Crippen LogP contribution in [0.4, 0.5) is 0 Å². The monoisotopic (exact) mass is 290 g/mol. The molecule has 1 atom stereocenters. The van der Waals surface area contributed by atoms with Crippen LogP contribution in [-0.4, -0.2) is 43.7 Å². The van der Waals surface area contributed by atoms with Gasteiger partial charge in [-0.05, 0) is 69.9 Å². The summed E-state index contributed by atoms with van der Waals surface area (Å²) in [5.41, 5.74) is 1.37. The van der Waals surface area contributed by atoms with Crippen LogP contribution < -0.4 is 10.1 Å². The Morgan fingerprint density at radius 2 is 1.90 bits per heavy atom. The number of ether oxygens (including phenoxy) is 1. The van der Waals surface area contributed by atoms with Crippen molar-refractivity contribution in [3.8, 4) is 5.75 Å². The first kappa shape index (κ1) is 16.3. The lowest BCUT2D eigenvalue weighted by atomic mass is 10.1. The number of hydrogen-bond donors (Lipinski definition) is 1. The molecular weight excluding hydrogens is 260 g/mol. The van der Waals surface area contributed by atoms with Crippen LogP contribution in [0, 0.1) is 0 Å². The van der Waals surface area contributed by atoms with Crippen molar-refractivity contribution in [2.75, 3.05) is 32.8 Å². The number of likely N-dealkylation sites (tertiary alicyclic amines) is 1. The molecule has 2 rings (SSSR count). The van der Waals surface area contributed by atoms with Gasteiger partial charge in [-0.3, -0.25) is 4.90 Å². The van der Waals surface area contributed by atoms with Crippen molar-refractivity contribution in [2.45, 2.75) is 45.6 Å². The molecule has 0 spiro atoms. The normalized spacial score (nSPS) is 17.0. The molecule has 0 aliphatic carbocycles. The van der Waals surface area contributed by atoms with Gasteiger partial charge in [-0.25, -0.2) is 0 Å². The summed E-state index contributed by atoms with van der Waals surface area (Å²) >= 11 is 0. The average molecular weight is 290 g/mol. The fourth-order valence-electron chi connectivity index (χ4n) is 2.84. The summed E-state index contributed by atoms with van der Waals surface area (Å²) in [7, 11) is 0. The maximum Gasteiger partial charge on any atom is 0.119 e. The molecule has 1 N–H and O–H groups in total. The first-order chi connectivity index (χ1) is 10.3. The molecule has 0 bridgehead atoms. The van der Waals surface area contributed by atoms with Gasteiger partial charge < -0.3 is 10.1 Å². The van der Waals surface area contributed by atoms with E-state index in [1.54, 1.807) is 0 Å². The fraction of sp³-hybridized carbons (Fsp3) is 0.667. The van der Waals surface area contributed by atoms with Crippen molar-refractivity contribution in [1.82, 2.24) is 10.2 Å². The summed E-state index contributed by atoms with van der Waals surface area (Å²) in [5.74, 6) is 0.993. The second-order valence-corrected chi connectivity index (χ2v) is 6.10. The molecule has 1 saturated heterocycles. The molecular formula is C18H30N2O. The van der Waals surface area contributed by atoms with Crippen LogP contribution in [-0.2, 0) is 6.42 Å². The molecule has 1 heterocycles. The lowest BCUT2D eigenvalue weighted by Gasteiger charge is -2.15. The third-order valence-electron chi connectivity index (χ3n) is 4.08. The molecule has 0 saturated carbocycles. The third kappa shape index (κ3) is 6.06. The largest absolute Gasteiger partial charge is 0.492 e. The van der Waals surface area contributed by atoms with Crippen LogP contribution in [0.5, 0.6) is 5.75 Å². The van der Waals surface area contributed by atoms with Gasteiger partial charge in [0.15, 0.2) is 0 Å². The van der Waals surface area contributed by atoms with E-state index in [2.05, 4.69) is 48.3 Å². The Bertz CT molecular complexity index is 385. The van der Waals surface area contributed by atoms with Gasteiger partial charge in [-0.2, -0.15) is 0 Å². The van der Waals surface area contributed by atoms with E-state index in [9.17, 15) is 0 Å². The molecule has 118 valence electrons. The Labute approximate surface area is 129 Å². The zero-order valence-corrected chi connectivity index (χ0v) is 13.6. The highest BCUT2D eigenvalue weighted by Crippen LogP contribution is 2.14. The molecule has 0 radical (unpaired) electrons. The molecule has 1 aliphatic heterocycles. The van der Waals surface area contributed by atoms with E-state index in [1.807, 2.05) is 0 Å². The maximum absolute atomic E-state index is 5.84. The topological polar surface area (TPSA) is 24.5 Å². The van der Waals surface area contributed by atoms with Crippen molar-refractivity contribution < 1.29 is 4.74 Å². The van der Waals surface area contributed by atoms with E-state index in [-0.39, 0.29) is 0 Å². The van der Waals surface area contributed by atoms with Gasteiger partial charge in [-0.15, -0.1) is 0 Å². The van der Waals surface area contributed by atoms with Gasteiger partial charge in [0.1, 0.15) is 12.4 Å². The first-order valence-electron chi connectivity index (χ1n) is 8.45. The highest BCUT2D eigenvalue weighted by molar-refractivity contribution is 5.27. The van der Waals surface area contributed by atoms with Crippen LogP contribution >= 0.6 is 0 Å². The van der Waals surface area contributed by atoms with Crippen LogP contribution in [0.3, 0.4) is 0 Å². The summed E-state index contributed by atoms with van der Waals surface area (Å²) in [6.07, 6.45) is 4.96. The van der Waals surface area contributed by atoms with Gasteiger partial charge in [0, 0.05) is 12.6 Å². The minimum Gasteiger partial charge on any atom is -0.492 e. The summed E-state index contributed by atoms with van der Waals surface area (Å²) in [4.78, 5) is 2.48. The highest BCUT2D eigenvalue weighted by atomic mass is 16.5. The molecule has 1 fully saturated rings. The predicted octanol–water partition coefficient (Wildman–Crippen LogP) is 3.09. The van der Waals surface area contributed by atoms with E-state index in [0.29, 0.717) is 6.04 Å². The van der Waals surface area contributed by atoms with E-state index in [4.69, 9.17) is 4.74 Å². The first-order valence-corrected chi connectivity index (χ1v) is 8.45. The number of benzene rings is 1. The molecule has 21 heavy (non-hydrogen) atoms. The van der Waals surface area contributed by atoms with E-state index in [1.165, 1.54) is 37.9 Å². The van der Waals surface area contributed by atoms with E-state index >= 15 is 0 Å². The standard InChI is InChI=1S/C18H30N2O/c1-3-10-19-16(2)15-17-6-8-18(9-7-17)21-14-13-20-11-4-5-12-20/h6-9,16,19H,3-5,10-15H2,1-2H3. The molecule has 1 aromatic rings. The quantitative estimate of drug-likeness (QED) is 0.756. The average Bonchev–Trinajstić information content (AvgIpc) is 3.00. The predicted molar refractivity (Wildman–Crippen MR) is 89.1 cm³/mol. The molecule has 1 aromatic carbocycles. The number of hydrogen-bond acceptors (Lipinski definition) is 3. The fourth-order valence-corrected chi connectivity index (χ4v) is 2.84. The second-order valence-electron chi connectivity index (χ2n) is 6.10. The number of nitrogens with zero attached hydrogens (tertiary/aromatic N) is 1. The lowest BCUT2D eigenvalue weighted by Crippen LogP contribution is -2.28. The van der Waals surface area contributed by atoms with E-state index in [0.717, 1.165) is 31.9 Å². The highest BCUT2D eigenvalue weighted by Gasteiger charge is 2.10. The summed E-state index contributed by atoms with van der Waals surface area (Å²) in [6, 6.07) is 9.12. The van der Waals surface area contributed by atoms with Crippen molar-refractivity contribution >= 4 is 0 Å². The molecule has 1 unspecified atom stereocenters. The molecule has 0 aromatic heterocycles. The SMILES string of the molecule is CCCNC(C)Cc1ccc(OCCN2CCCC2)cc1. The van der Waals surface area contributed by atoms with Gasteiger partial charge in [0.25, 0.3) is 0 Å². The summed E-state index contributed by atoms with van der Waals surface area (Å²) in [6.45, 7) is 9.88. The summed E-state index contributed by atoms with van der Waals surface area (Å²) in [5, 5.41) is 3.52. The van der Waals surface area contributed by atoms with Crippen molar-refractivity contribution in [2.24, 2.45) is 0 Å². The summed E-state index contributed by atoms with van der Waals surface area (Å²) < 4.78 is 5.84. The smallest absolute Gasteiger partial charge is 0.119 e. The van der Waals surface area contributed by atoms with Crippen molar-refractivity contribution in [1.29, 1.82) is 0 Å². The van der Waals surface area contributed by atoms with Gasteiger partial charge in [-0.1, -0.05) is 19.1 Å². The number of nitrogens with one attached hydrogen (secondary N) is 1. The van der Waals surface area contributed by atoms with Gasteiger partial charge in [0.05, 0.1) is 0 Å². The number of rotatable bonds is 9.